The molecule has 0 aliphatic rings. The van der Waals surface area contributed by atoms with Gasteiger partial charge in [0.15, 0.2) is 5.82 Å². The highest BCUT2D eigenvalue weighted by atomic mass is 16.3. The van der Waals surface area contributed by atoms with Gasteiger partial charge in [-0.25, -0.2) is 15.0 Å². The second-order valence-electron chi connectivity index (χ2n) is 17.5. The van der Waals surface area contributed by atoms with Crippen LogP contribution in [-0.2, 0) is 0 Å². The van der Waals surface area contributed by atoms with E-state index in [2.05, 4.69) is 224 Å². The van der Waals surface area contributed by atoms with Crippen LogP contribution in [0.3, 0.4) is 0 Å². The van der Waals surface area contributed by atoms with Gasteiger partial charge in [0, 0.05) is 54.7 Å². The quantitative estimate of drug-likeness (QED) is 0.143. The van der Waals surface area contributed by atoms with E-state index in [9.17, 15) is 0 Å². The zero-order valence-electron chi connectivity index (χ0n) is 37.4. The maximum Gasteiger partial charge on any atom is 0.160 e. The number of benzene rings is 10. The maximum absolute atomic E-state index is 6.65. The monoisotopic (exact) mass is 879 g/mol. The second-order valence-corrected chi connectivity index (χ2v) is 17.5. The lowest BCUT2D eigenvalue weighted by Gasteiger charge is -2.16. The molecule has 13 aromatic rings. The molecule has 0 radical (unpaired) electrons. The van der Waals surface area contributed by atoms with Gasteiger partial charge in [-0.15, -0.1) is 0 Å². The van der Waals surface area contributed by atoms with E-state index in [1.807, 2.05) is 24.3 Å². The number of furan rings is 1. The molecule has 0 aliphatic carbocycles. The van der Waals surface area contributed by atoms with Gasteiger partial charge < -0.3 is 4.42 Å². The Morgan fingerprint density at radius 2 is 0.725 bits per heavy atom. The predicted octanol–water partition coefficient (Wildman–Crippen LogP) is 17.4. The van der Waals surface area contributed by atoms with Gasteiger partial charge in [-0.3, -0.25) is 0 Å². The molecule has 0 amide bonds. The molecule has 69 heavy (non-hydrogen) atoms. The minimum atomic E-state index is 0.667. The summed E-state index contributed by atoms with van der Waals surface area (Å²) >= 11 is 0. The number of aromatic nitrogens is 3. The first kappa shape index (κ1) is 40.1. The Morgan fingerprint density at radius 3 is 1.35 bits per heavy atom. The van der Waals surface area contributed by atoms with Crippen molar-refractivity contribution >= 4 is 43.6 Å². The van der Waals surface area contributed by atoms with Gasteiger partial charge in [0.05, 0.1) is 22.6 Å². The van der Waals surface area contributed by atoms with Gasteiger partial charge in [-0.1, -0.05) is 218 Å². The van der Waals surface area contributed by atoms with Crippen LogP contribution < -0.4 is 0 Å². The number of para-hydroxylation sites is 2. The van der Waals surface area contributed by atoms with E-state index in [1.165, 1.54) is 11.1 Å². The van der Waals surface area contributed by atoms with E-state index >= 15 is 0 Å². The molecule has 10 aromatic carbocycles. The van der Waals surface area contributed by atoms with Crippen molar-refractivity contribution in [3.05, 3.63) is 249 Å². The minimum absolute atomic E-state index is 0.667. The summed E-state index contributed by atoms with van der Waals surface area (Å²) in [7, 11) is 0. The van der Waals surface area contributed by atoms with Crippen molar-refractivity contribution in [2.24, 2.45) is 0 Å². The van der Waals surface area contributed by atoms with Gasteiger partial charge in [-0.05, 0) is 69.3 Å². The Labute approximate surface area is 399 Å². The van der Waals surface area contributed by atoms with Crippen molar-refractivity contribution in [3.8, 4) is 89.7 Å². The fourth-order valence-electron chi connectivity index (χ4n) is 9.89. The van der Waals surface area contributed by atoms with Gasteiger partial charge >= 0.3 is 0 Å². The Kier molecular flexibility index (Phi) is 9.80. The average molecular weight is 880 g/mol. The zero-order valence-corrected chi connectivity index (χ0v) is 37.4. The topological polar surface area (TPSA) is 51.8 Å². The molecule has 4 nitrogen and oxygen atoms in total. The average Bonchev–Trinajstić information content (AvgIpc) is 3.81. The third-order valence-corrected chi connectivity index (χ3v) is 13.3. The molecule has 3 aromatic heterocycles. The smallest absolute Gasteiger partial charge is 0.160 e. The van der Waals surface area contributed by atoms with Crippen LogP contribution in [0.25, 0.3) is 133 Å². The first-order chi connectivity index (χ1) is 34.2. The molecule has 0 saturated heterocycles. The molecule has 0 atom stereocenters. The van der Waals surface area contributed by atoms with E-state index in [0.717, 1.165) is 116 Å². The van der Waals surface area contributed by atoms with Crippen LogP contribution in [0.15, 0.2) is 253 Å². The highest BCUT2D eigenvalue weighted by Gasteiger charge is 2.22. The van der Waals surface area contributed by atoms with Crippen LogP contribution in [0.1, 0.15) is 0 Å². The molecule has 0 N–H and O–H groups in total. The number of hydrogen-bond acceptors (Lipinski definition) is 4. The maximum atomic E-state index is 6.65. The van der Waals surface area contributed by atoms with Crippen molar-refractivity contribution < 1.29 is 4.42 Å². The lowest BCUT2D eigenvalue weighted by atomic mass is 9.89. The summed E-state index contributed by atoms with van der Waals surface area (Å²) in [5, 5.41) is 5.50. The second kappa shape index (κ2) is 16.9. The van der Waals surface area contributed by atoms with E-state index in [1.54, 1.807) is 0 Å². The standard InChI is InChI=1S/C65H41N3O/c1-4-15-42(16-5-1)44-27-33-47(34-28-44)57-41-58(48-35-29-45(30-36-48)43-17-6-2-7-18-43)68-65(67-57)52-22-14-21-51(39-52)46-31-37-49(38-32-46)61-62-53-23-10-12-25-56(53)66-64(50-19-8-3-9-20-50)55(62)40-60-63(61)54-24-11-13-26-59(54)69-60/h1-41H. The molecule has 0 bridgehead atoms. The number of hydrogen-bond donors (Lipinski definition) is 0. The van der Waals surface area contributed by atoms with Crippen LogP contribution >= 0.6 is 0 Å². The lowest BCUT2D eigenvalue weighted by molar-refractivity contribution is 0.669. The molecular formula is C65H41N3O. The van der Waals surface area contributed by atoms with Gasteiger partial charge in [0.25, 0.3) is 0 Å². The van der Waals surface area contributed by atoms with Crippen LogP contribution in [0.4, 0.5) is 0 Å². The third kappa shape index (κ3) is 7.32. The van der Waals surface area contributed by atoms with Crippen LogP contribution in [-0.4, -0.2) is 15.0 Å². The molecule has 0 unspecified atom stereocenters. The summed E-state index contributed by atoms with van der Waals surface area (Å²) in [5.41, 5.74) is 18.5. The molecule has 0 spiro atoms. The Morgan fingerprint density at radius 1 is 0.261 bits per heavy atom. The lowest BCUT2D eigenvalue weighted by Crippen LogP contribution is -1.96. The Balaban J connectivity index is 0.928. The van der Waals surface area contributed by atoms with Crippen molar-refractivity contribution in [2.45, 2.75) is 0 Å². The minimum Gasteiger partial charge on any atom is -0.456 e. The highest BCUT2D eigenvalue weighted by Crippen LogP contribution is 2.46. The van der Waals surface area contributed by atoms with E-state index in [0.29, 0.717) is 5.82 Å². The molecule has 322 valence electrons. The fourth-order valence-corrected chi connectivity index (χ4v) is 9.89. The summed E-state index contributed by atoms with van der Waals surface area (Å²) in [5.74, 6) is 0.667. The van der Waals surface area contributed by atoms with Crippen molar-refractivity contribution in [2.75, 3.05) is 0 Å². The van der Waals surface area contributed by atoms with Crippen LogP contribution in [0.5, 0.6) is 0 Å². The number of nitrogens with zero attached hydrogens (tertiary/aromatic N) is 3. The molecule has 4 heteroatoms. The van der Waals surface area contributed by atoms with Crippen LogP contribution in [0, 0.1) is 0 Å². The summed E-state index contributed by atoms with van der Waals surface area (Å²) in [6, 6.07) is 87.4. The van der Waals surface area contributed by atoms with E-state index < -0.39 is 0 Å². The molecule has 13 rings (SSSR count). The van der Waals surface area contributed by atoms with E-state index in [-0.39, 0.29) is 0 Å². The van der Waals surface area contributed by atoms with Crippen LogP contribution in [0.2, 0.25) is 0 Å². The number of rotatable bonds is 8. The molecular weight excluding hydrogens is 839 g/mol. The van der Waals surface area contributed by atoms with Crippen molar-refractivity contribution in [1.29, 1.82) is 0 Å². The van der Waals surface area contributed by atoms with Gasteiger partial charge in [-0.2, -0.15) is 0 Å². The summed E-state index contributed by atoms with van der Waals surface area (Å²) in [4.78, 5) is 15.8. The molecule has 0 aliphatic heterocycles. The summed E-state index contributed by atoms with van der Waals surface area (Å²) < 4.78 is 6.65. The number of pyridine rings is 1. The first-order valence-corrected chi connectivity index (χ1v) is 23.3. The van der Waals surface area contributed by atoms with Gasteiger partial charge in [0.1, 0.15) is 11.2 Å². The van der Waals surface area contributed by atoms with Gasteiger partial charge in [0.2, 0.25) is 0 Å². The summed E-state index contributed by atoms with van der Waals surface area (Å²) in [6.45, 7) is 0. The summed E-state index contributed by atoms with van der Waals surface area (Å²) in [6.07, 6.45) is 0. The Bertz CT molecular complexity index is 3910. The fraction of sp³-hybridized carbons (Fsp3) is 0. The SMILES string of the molecule is c1ccc(-c2ccc(-c3cc(-c4ccc(-c5ccccc5)cc4)nc(-c4cccc(-c5ccc(-c6c7c(cc8c(-c9ccccc9)nc9ccccc9c68)oc6ccccc67)cc5)c4)n3)cc2)cc1. The first-order valence-electron chi connectivity index (χ1n) is 23.3. The normalized spacial score (nSPS) is 11.5. The van der Waals surface area contributed by atoms with Crippen molar-refractivity contribution in [1.82, 2.24) is 15.0 Å². The molecule has 0 saturated carbocycles. The number of fused-ring (bicyclic) bond motifs is 6. The third-order valence-electron chi connectivity index (χ3n) is 13.3. The van der Waals surface area contributed by atoms with Crippen molar-refractivity contribution in [3.63, 3.8) is 0 Å². The highest BCUT2D eigenvalue weighted by molar-refractivity contribution is 6.27. The zero-order chi connectivity index (χ0) is 45.7. The van der Waals surface area contributed by atoms with E-state index in [4.69, 9.17) is 19.4 Å². The molecule has 0 fully saturated rings. The molecule has 3 heterocycles. The largest absolute Gasteiger partial charge is 0.456 e. The predicted molar refractivity (Wildman–Crippen MR) is 286 cm³/mol. The Hall–Kier alpha value is -9.25.